The van der Waals surface area contributed by atoms with Gasteiger partial charge in [-0.3, -0.25) is 0 Å². The minimum absolute atomic E-state index is 0.610. The maximum atomic E-state index is 5.21. The number of hydrogen-bond acceptors (Lipinski definition) is 3. The highest BCUT2D eigenvalue weighted by Gasteiger charge is 2.17. The lowest BCUT2D eigenvalue weighted by Gasteiger charge is -2.06. The van der Waals surface area contributed by atoms with E-state index in [2.05, 4.69) is 4.98 Å². The van der Waals surface area contributed by atoms with Gasteiger partial charge in [0.25, 0.3) is 0 Å². The van der Waals surface area contributed by atoms with E-state index in [1.807, 2.05) is 49.0 Å². The van der Waals surface area contributed by atoms with Gasteiger partial charge in [0, 0.05) is 0 Å². The van der Waals surface area contributed by atoms with Gasteiger partial charge in [-0.05, 0) is 35.7 Å². The molecule has 18 heavy (non-hydrogen) atoms. The minimum atomic E-state index is 0.610. The molecule has 0 atom stereocenters. The number of methoxy groups -OCH3 is 2. The summed E-state index contributed by atoms with van der Waals surface area (Å²) in [5.41, 5.74) is 2.18. The molecule has 4 nitrogen and oxygen atoms in total. The molecule has 0 spiro atoms. The lowest BCUT2D eigenvalue weighted by atomic mass is 10.1. The predicted octanol–water partition coefficient (Wildman–Crippen LogP) is 1.90. The largest absolute Gasteiger partial charge is 0.497 e. The van der Waals surface area contributed by atoms with Crippen molar-refractivity contribution in [1.29, 1.82) is 0 Å². The van der Waals surface area contributed by atoms with E-state index in [9.17, 15) is 0 Å². The standard InChI is InChI=1S/C14H17N2O2/c1-10-9-11(17-3)5-6-12(10)14-15-13(18-4)7-8-16(14)2/h5-9H,1-4H3/q+1. The summed E-state index contributed by atoms with van der Waals surface area (Å²) in [6.07, 6.45) is 1.94. The third-order valence-corrected chi connectivity index (χ3v) is 2.87. The molecule has 0 aliphatic heterocycles. The second kappa shape index (κ2) is 5.04. The highest BCUT2D eigenvalue weighted by atomic mass is 16.5. The van der Waals surface area contributed by atoms with Gasteiger partial charge in [-0.15, -0.1) is 0 Å². The molecular formula is C14H17N2O2+. The van der Waals surface area contributed by atoms with Crippen LogP contribution >= 0.6 is 0 Å². The number of aryl methyl sites for hydroxylation is 2. The van der Waals surface area contributed by atoms with Crippen molar-refractivity contribution in [2.45, 2.75) is 6.92 Å². The SMILES string of the molecule is COc1ccc(-c2nc(OC)cc[n+]2C)c(C)c1. The van der Waals surface area contributed by atoms with Crippen LogP contribution in [0.3, 0.4) is 0 Å². The van der Waals surface area contributed by atoms with Gasteiger partial charge < -0.3 is 9.47 Å². The van der Waals surface area contributed by atoms with E-state index in [-0.39, 0.29) is 0 Å². The van der Waals surface area contributed by atoms with E-state index in [0.717, 1.165) is 22.7 Å². The van der Waals surface area contributed by atoms with Crippen LogP contribution in [-0.4, -0.2) is 19.2 Å². The summed E-state index contributed by atoms with van der Waals surface area (Å²) in [5, 5.41) is 0. The van der Waals surface area contributed by atoms with Crippen LogP contribution in [0, 0.1) is 6.92 Å². The monoisotopic (exact) mass is 245 g/mol. The van der Waals surface area contributed by atoms with Crippen LogP contribution in [0.15, 0.2) is 30.5 Å². The molecule has 0 saturated heterocycles. The summed E-state index contributed by atoms with van der Waals surface area (Å²) in [7, 11) is 5.25. The molecule has 0 saturated carbocycles. The average molecular weight is 245 g/mol. The molecule has 0 fully saturated rings. The Hall–Kier alpha value is -2.10. The summed E-state index contributed by atoms with van der Waals surface area (Å²) in [6, 6.07) is 7.78. The van der Waals surface area contributed by atoms with E-state index in [4.69, 9.17) is 9.47 Å². The topological polar surface area (TPSA) is 35.2 Å². The average Bonchev–Trinajstić information content (AvgIpc) is 2.39. The third-order valence-electron chi connectivity index (χ3n) is 2.87. The van der Waals surface area contributed by atoms with Gasteiger partial charge in [0.1, 0.15) is 5.75 Å². The van der Waals surface area contributed by atoms with Gasteiger partial charge in [-0.2, -0.15) is 0 Å². The fourth-order valence-corrected chi connectivity index (χ4v) is 1.84. The maximum Gasteiger partial charge on any atom is 0.334 e. The van der Waals surface area contributed by atoms with Crippen LogP contribution in [-0.2, 0) is 7.05 Å². The highest BCUT2D eigenvalue weighted by molar-refractivity contribution is 5.59. The van der Waals surface area contributed by atoms with Crippen molar-refractivity contribution in [2.24, 2.45) is 7.05 Å². The van der Waals surface area contributed by atoms with Crippen molar-refractivity contribution in [3.05, 3.63) is 36.0 Å². The molecule has 0 aliphatic carbocycles. The molecule has 0 bridgehead atoms. The zero-order valence-electron chi connectivity index (χ0n) is 11.1. The van der Waals surface area contributed by atoms with Crippen LogP contribution in [0.2, 0.25) is 0 Å². The smallest absolute Gasteiger partial charge is 0.334 e. The van der Waals surface area contributed by atoms with Crippen molar-refractivity contribution >= 4 is 0 Å². The zero-order valence-corrected chi connectivity index (χ0v) is 11.1. The number of nitrogens with zero attached hydrogens (tertiary/aromatic N) is 2. The Morgan fingerprint density at radius 1 is 1.11 bits per heavy atom. The number of benzene rings is 1. The predicted molar refractivity (Wildman–Crippen MR) is 68.7 cm³/mol. The normalized spacial score (nSPS) is 10.2. The van der Waals surface area contributed by atoms with Crippen molar-refractivity contribution in [1.82, 2.24) is 4.98 Å². The first-order chi connectivity index (χ1) is 8.65. The fraction of sp³-hybridized carbons (Fsp3) is 0.286. The summed E-state index contributed by atoms with van der Waals surface area (Å²) in [5.74, 6) is 2.33. The summed E-state index contributed by atoms with van der Waals surface area (Å²) in [6.45, 7) is 2.04. The van der Waals surface area contributed by atoms with Crippen LogP contribution in [0.5, 0.6) is 11.6 Å². The quantitative estimate of drug-likeness (QED) is 0.775. The Morgan fingerprint density at radius 2 is 1.89 bits per heavy atom. The second-order valence-corrected chi connectivity index (χ2v) is 4.09. The first-order valence-corrected chi connectivity index (χ1v) is 5.71. The molecule has 2 aromatic rings. The minimum Gasteiger partial charge on any atom is -0.497 e. The van der Waals surface area contributed by atoms with Crippen LogP contribution in [0.25, 0.3) is 11.4 Å². The number of hydrogen-bond donors (Lipinski definition) is 0. The molecule has 4 heteroatoms. The van der Waals surface area contributed by atoms with E-state index < -0.39 is 0 Å². The van der Waals surface area contributed by atoms with E-state index in [1.165, 1.54) is 0 Å². The molecular weight excluding hydrogens is 228 g/mol. The summed E-state index contributed by atoms with van der Waals surface area (Å²) >= 11 is 0. The van der Waals surface area contributed by atoms with Crippen LogP contribution in [0.1, 0.15) is 5.56 Å². The van der Waals surface area contributed by atoms with Gasteiger partial charge in [-0.1, -0.05) is 0 Å². The molecule has 1 aromatic carbocycles. The van der Waals surface area contributed by atoms with Crippen LogP contribution in [0.4, 0.5) is 0 Å². The molecule has 0 N–H and O–H groups in total. The molecule has 0 radical (unpaired) electrons. The van der Waals surface area contributed by atoms with Gasteiger partial charge >= 0.3 is 11.7 Å². The second-order valence-electron chi connectivity index (χ2n) is 4.09. The summed E-state index contributed by atoms with van der Waals surface area (Å²) < 4.78 is 12.3. The number of rotatable bonds is 3. The Morgan fingerprint density at radius 3 is 2.50 bits per heavy atom. The van der Waals surface area contributed by atoms with Crippen molar-refractivity contribution in [2.75, 3.05) is 14.2 Å². The molecule has 2 rings (SSSR count). The third kappa shape index (κ3) is 2.27. The van der Waals surface area contributed by atoms with E-state index in [0.29, 0.717) is 5.88 Å². The van der Waals surface area contributed by atoms with Gasteiger partial charge in [0.15, 0.2) is 0 Å². The van der Waals surface area contributed by atoms with Crippen molar-refractivity contribution in [3.8, 4) is 23.0 Å². The zero-order chi connectivity index (χ0) is 13.1. The lowest BCUT2D eigenvalue weighted by molar-refractivity contribution is -0.663. The van der Waals surface area contributed by atoms with Gasteiger partial charge in [-0.25, -0.2) is 4.57 Å². The lowest BCUT2D eigenvalue weighted by Crippen LogP contribution is -2.31. The van der Waals surface area contributed by atoms with Crippen molar-refractivity contribution < 1.29 is 14.0 Å². The van der Waals surface area contributed by atoms with Crippen molar-refractivity contribution in [3.63, 3.8) is 0 Å². The maximum absolute atomic E-state index is 5.21. The molecule has 1 aromatic heterocycles. The summed E-state index contributed by atoms with van der Waals surface area (Å²) in [4.78, 5) is 4.48. The molecule has 0 unspecified atom stereocenters. The number of aromatic nitrogens is 2. The first-order valence-electron chi connectivity index (χ1n) is 5.71. The Labute approximate surface area is 107 Å². The number of ether oxygens (including phenoxy) is 2. The van der Waals surface area contributed by atoms with E-state index in [1.54, 1.807) is 14.2 Å². The molecule has 0 amide bonds. The fourth-order valence-electron chi connectivity index (χ4n) is 1.84. The molecule has 94 valence electrons. The Balaban J connectivity index is 2.54. The Kier molecular flexibility index (Phi) is 3.46. The van der Waals surface area contributed by atoms with Crippen LogP contribution < -0.4 is 14.0 Å². The Bertz CT molecular complexity index is 568. The molecule has 0 aliphatic rings. The first kappa shape index (κ1) is 12.4. The van der Waals surface area contributed by atoms with E-state index >= 15 is 0 Å². The highest BCUT2D eigenvalue weighted by Crippen LogP contribution is 2.24. The van der Waals surface area contributed by atoms with Gasteiger partial charge in [0.2, 0.25) is 0 Å². The molecule has 1 heterocycles. The van der Waals surface area contributed by atoms with Gasteiger partial charge in [0.05, 0.1) is 39.1 Å².